The van der Waals surface area contributed by atoms with Gasteiger partial charge in [-0.1, -0.05) is 166 Å². The van der Waals surface area contributed by atoms with Gasteiger partial charge in [-0.05, 0) is 98.7 Å². The average Bonchev–Trinajstić information content (AvgIpc) is 3.74. The number of hydrogen-bond donors (Lipinski definition) is 0. The van der Waals surface area contributed by atoms with Crippen LogP contribution in [0.3, 0.4) is 0 Å². The van der Waals surface area contributed by atoms with E-state index in [1.165, 1.54) is 98.0 Å². The van der Waals surface area contributed by atoms with Crippen molar-refractivity contribution in [2.75, 3.05) is 0 Å². The first kappa shape index (κ1) is 30.8. The minimum atomic E-state index is -0.470. The van der Waals surface area contributed by atoms with Crippen LogP contribution in [0.4, 0.5) is 0 Å². The van der Waals surface area contributed by atoms with Crippen LogP contribution < -0.4 is 0 Å². The molecule has 3 aliphatic rings. The Balaban J connectivity index is 1.15. The van der Waals surface area contributed by atoms with Gasteiger partial charge < -0.3 is 0 Å². The van der Waals surface area contributed by atoms with Crippen molar-refractivity contribution in [3.8, 4) is 33.4 Å². The molecule has 1 heteroatoms. The summed E-state index contributed by atoms with van der Waals surface area (Å²) >= 11 is 0. The molecule has 50 heavy (non-hydrogen) atoms. The highest BCUT2D eigenvalue weighted by Crippen LogP contribution is 2.63. The molecule has 1 unspecified atom stereocenters. The summed E-state index contributed by atoms with van der Waals surface area (Å²) in [6, 6.07) is 48.0. The van der Waals surface area contributed by atoms with Gasteiger partial charge in [0.15, 0.2) is 5.78 Å². The molecule has 1 atom stereocenters. The van der Waals surface area contributed by atoms with Crippen LogP contribution in [0, 0.1) is 0 Å². The lowest BCUT2D eigenvalue weighted by molar-refractivity contribution is 0.103. The normalized spacial score (nSPS) is 16.7. The van der Waals surface area contributed by atoms with E-state index in [9.17, 15) is 4.79 Å². The van der Waals surface area contributed by atoms with Crippen LogP contribution in [0.1, 0.15) is 102 Å². The molecule has 0 amide bonds. The molecule has 0 aromatic heterocycles. The second kappa shape index (κ2) is 11.7. The van der Waals surface area contributed by atoms with Crippen LogP contribution in [0.5, 0.6) is 0 Å². The van der Waals surface area contributed by atoms with E-state index in [0.29, 0.717) is 0 Å². The third-order valence-corrected chi connectivity index (χ3v) is 12.1. The Morgan fingerprint density at radius 2 is 0.920 bits per heavy atom. The number of benzene rings is 6. The van der Waals surface area contributed by atoms with Crippen LogP contribution >= 0.6 is 0 Å². The van der Waals surface area contributed by atoms with Crippen LogP contribution in [0.15, 0.2) is 146 Å². The van der Waals surface area contributed by atoms with Crippen molar-refractivity contribution in [2.24, 2.45) is 0 Å². The molecule has 0 saturated carbocycles. The molecule has 0 heterocycles. The predicted molar refractivity (Wildman–Crippen MR) is 207 cm³/mol. The zero-order chi connectivity index (χ0) is 34.0. The zero-order valence-electron chi connectivity index (χ0n) is 29.1. The predicted octanol–water partition coefficient (Wildman–Crippen LogP) is 12.5. The first-order valence-electron chi connectivity index (χ1n) is 18.4. The fraction of sp³-hybridized carbons (Fsp3) is 0.204. The summed E-state index contributed by atoms with van der Waals surface area (Å²) in [4.78, 5) is 14.7. The van der Waals surface area contributed by atoms with Gasteiger partial charge in [0.05, 0.1) is 5.41 Å². The van der Waals surface area contributed by atoms with Crippen molar-refractivity contribution < 1.29 is 4.79 Å². The van der Waals surface area contributed by atoms with Gasteiger partial charge >= 0.3 is 0 Å². The highest BCUT2D eigenvalue weighted by atomic mass is 16.1. The Labute approximate surface area is 296 Å². The van der Waals surface area contributed by atoms with E-state index >= 15 is 0 Å². The second-order valence-electron chi connectivity index (χ2n) is 14.7. The number of ketones is 1. The third-order valence-electron chi connectivity index (χ3n) is 12.1. The maximum absolute atomic E-state index is 14.7. The third kappa shape index (κ3) is 4.16. The number of unbranched alkanes of at least 4 members (excludes halogenated alkanes) is 4. The molecular weight excluding hydrogens is 605 g/mol. The van der Waals surface area contributed by atoms with E-state index in [4.69, 9.17) is 6.58 Å². The van der Waals surface area contributed by atoms with Crippen molar-refractivity contribution in [3.05, 3.63) is 190 Å². The Kier molecular flexibility index (Phi) is 7.18. The van der Waals surface area contributed by atoms with Crippen molar-refractivity contribution >= 4 is 5.78 Å². The molecule has 244 valence electrons. The molecular formula is C49H42O. The molecule has 6 aromatic carbocycles. The summed E-state index contributed by atoms with van der Waals surface area (Å²) in [7, 11) is 0. The monoisotopic (exact) mass is 646 g/mol. The topological polar surface area (TPSA) is 17.1 Å². The van der Waals surface area contributed by atoms with E-state index in [1.54, 1.807) is 0 Å². The summed E-state index contributed by atoms with van der Waals surface area (Å²) < 4.78 is 0. The first-order chi connectivity index (χ1) is 24.5. The van der Waals surface area contributed by atoms with Gasteiger partial charge in [-0.3, -0.25) is 4.79 Å². The molecule has 1 spiro atoms. The SMILES string of the molecule is C=C(CCCCCCC)C1(C)c2ccccc2-c2ccc(C(=O)c3ccc4c(c3)C3(c5ccccc5-c5ccccc53)c3ccccc3-4)cc21. The molecule has 0 fully saturated rings. The molecule has 0 radical (unpaired) electrons. The van der Waals surface area contributed by atoms with Crippen LogP contribution in [-0.2, 0) is 10.8 Å². The van der Waals surface area contributed by atoms with Gasteiger partial charge in [-0.15, -0.1) is 0 Å². The van der Waals surface area contributed by atoms with Crippen molar-refractivity contribution in [3.63, 3.8) is 0 Å². The summed E-state index contributed by atoms with van der Waals surface area (Å²) in [5, 5.41) is 0. The van der Waals surface area contributed by atoms with Gasteiger partial charge in [-0.25, -0.2) is 0 Å². The highest BCUT2D eigenvalue weighted by molar-refractivity contribution is 6.11. The maximum atomic E-state index is 14.7. The molecule has 9 rings (SSSR count). The number of carbonyl (C=O) groups is 1. The Morgan fingerprint density at radius 3 is 1.46 bits per heavy atom. The molecule has 3 aliphatic carbocycles. The summed E-state index contributed by atoms with van der Waals surface area (Å²) in [6.45, 7) is 9.30. The van der Waals surface area contributed by atoms with Gasteiger partial charge in [-0.2, -0.15) is 0 Å². The number of allylic oxidation sites excluding steroid dienone is 1. The van der Waals surface area contributed by atoms with Gasteiger partial charge in [0.2, 0.25) is 0 Å². The second-order valence-corrected chi connectivity index (χ2v) is 14.7. The molecule has 0 aliphatic heterocycles. The minimum Gasteiger partial charge on any atom is -0.289 e. The first-order valence-corrected chi connectivity index (χ1v) is 18.4. The average molecular weight is 647 g/mol. The summed E-state index contributed by atoms with van der Waals surface area (Å²) in [5.74, 6) is 0.0600. The Bertz CT molecular complexity index is 2290. The van der Waals surface area contributed by atoms with Crippen LogP contribution in [0.25, 0.3) is 33.4 Å². The fourth-order valence-corrected chi connectivity index (χ4v) is 9.61. The standard InChI is InChI=1S/C49H42O/c1-4-5-6-7-8-17-32(2)48(3)41-22-13-9-18-35(41)39-28-26-33(30-45(39)48)47(50)34-27-29-40-38-21-12-16-25-44(38)49(46(40)31-34)42-23-14-10-19-36(42)37-20-11-15-24-43(37)49/h9-16,18-31H,2,4-8,17H2,1,3H3. The molecule has 0 saturated heterocycles. The number of rotatable bonds is 9. The minimum absolute atomic E-state index is 0.0600. The van der Waals surface area contributed by atoms with E-state index in [1.807, 2.05) is 12.1 Å². The smallest absolute Gasteiger partial charge is 0.193 e. The number of fused-ring (bicyclic) bond motifs is 13. The molecule has 6 aromatic rings. The van der Waals surface area contributed by atoms with E-state index < -0.39 is 5.41 Å². The van der Waals surface area contributed by atoms with E-state index in [2.05, 4.69) is 135 Å². The van der Waals surface area contributed by atoms with E-state index in [0.717, 1.165) is 24.0 Å². The van der Waals surface area contributed by atoms with Gasteiger partial charge in [0.25, 0.3) is 0 Å². The lowest BCUT2D eigenvalue weighted by Gasteiger charge is -2.31. The lowest BCUT2D eigenvalue weighted by atomic mass is 9.70. The molecule has 0 N–H and O–H groups in total. The van der Waals surface area contributed by atoms with Gasteiger partial charge in [0.1, 0.15) is 0 Å². The quantitative estimate of drug-likeness (QED) is 0.0866. The van der Waals surface area contributed by atoms with Crippen LogP contribution in [-0.4, -0.2) is 5.78 Å². The van der Waals surface area contributed by atoms with Gasteiger partial charge in [0, 0.05) is 16.5 Å². The van der Waals surface area contributed by atoms with E-state index in [-0.39, 0.29) is 11.2 Å². The number of hydrogen-bond acceptors (Lipinski definition) is 1. The van der Waals surface area contributed by atoms with Crippen molar-refractivity contribution in [2.45, 2.75) is 63.2 Å². The van der Waals surface area contributed by atoms with Crippen molar-refractivity contribution in [1.82, 2.24) is 0 Å². The summed E-state index contributed by atoms with van der Waals surface area (Å²) in [5.41, 5.74) is 16.9. The fourth-order valence-electron chi connectivity index (χ4n) is 9.61. The Morgan fingerprint density at radius 1 is 0.500 bits per heavy atom. The number of carbonyl (C=O) groups excluding carboxylic acids is 1. The Hall–Kier alpha value is -5.27. The maximum Gasteiger partial charge on any atom is 0.193 e. The highest BCUT2D eigenvalue weighted by Gasteiger charge is 2.51. The largest absolute Gasteiger partial charge is 0.289 e. The van der Waals surface area contributed by atoms with Crippen molar-refractivity contribution in [1.29, 1.82) is 0 Å². The molecule has 0 bridgehead atoms. The zero-order valence-corrected chi connectivity index (χ0v) is 29.1. The lowest BCUT2D eigenvalue weighted by Crippen LogP contribution is -2.26. The summed E-state index contributed by atoms with van der Waals surface area (Å²) in [6.07, 6.45) is 7.18. The van der Waals surface area contributed by atoms with Crippen LogP contribution in [0.2, 0.25) is 0 Å². The molecule has 1 nitrogen and oxygen atoms in total.